The lowest BCUT2D eigenvalue weighted by Gasteiger charge is -2.20. The predicted octanol–water partition coefficient (Wildman–Crippen LogP) is 2.41. The molecular weight excluding hydrogens is 242 g/mol. The second kappa shape index (κ2) is 4.76. The Morgan fingerprint density at radius 3 is 2.63 bits per heavy atom. The Morgan fingerprint density at radius 1 is 1.37 bits per heavy atom. The van der Waals surface area contributed by atoms with Gasteiger partial charge in [-0.05, 0) is 45.0 Å². The van der Waals surface area contributed by atoms with Crippen LogP contribution in [0.3, 0.4) is 0 Å². The van der Waals surface area contributed by atoms with Gasteiger partial charge in [-0.3, -0.25) is 0 Å². The van der Waals surface area contributed by atoms with Gasteiger partial charge in [-0.2, -0.15) is 5.10 Å². The number of ether oxygens (including phenoxy) is 1. The fourth-order valence-corrected chi connectivity index (χ4v) is 1.63. The summed E-state index contributed by atoms with van der Waals surface area (Å²) in [5, 5.41) is 4.11. The van der Waals surface area contributed by atoms with Crippen molar-refractivity contribution in [1.29, 1.82) is 0 Å². The number of hydrogen-bond donors (Lipinski definition) is 1. The maximum Gasteiger partial charge on any atom is 0.340 e. The van der Waals surface area contributed by atoms with Crippen LogP contribution in [-0.2, 0) is 4.74 Å². The van der Waals surface area contributed by atoms with Gasteiger partial charge in [0.1, 0.15) is 5.60 Å². The SMILES string of the molecule is CC(C)(C)OC(=O)c1ccc(-n2cccn2)cc1N. The predicted molar refractivity (Wildman–Crippen MR) is 73.1 cm³/mol. The number of nitrogen functional groups attached to an aromatic ring is 1. The minimum absolute atomic E-state index is 0.367. The van der Waals surface area contributed by atoms with Crippen molar-refractivity contribution in [3.63, 3.8) is 0 Å². The normalized spacial score (nSPS) is 11.3. The van der Waals surface area contributed by atoms with E-state index in [9.17, 15) is 4.79 Å². The van der Waals surface area contributed by atoms with Crippen molar-refractivity contribution in [3.05, 3.63) is 42.2 Å². The zero-order valence-corrected chi connectivity index (χ0v) is 11.3. The second-order valence-corrected chi connectivity index (χ2v) is 5.22. The highest BCUT2D eigenvalue weighted by atomic mass is 16.6. The number of rotatable bonds is 2. The Hall–Kier alpha value is -2.30. The molecule has 0 spiro atoms. The Morgan fingerprint density at radius 2 is 2.11 bits per heavy atom. The quantitative estimate of drug-likeness (QED) is 0.664. The summed E-state index contributed by atoms with van der Waals surface area (Å²) >= 11 is 0. The van der Waals surface area contributed by atoms with E-state index in [-0.39, 0.29) is 0 Å². The first-order valence-corrected chi connectivity index (χ1v) is 6.00. The molecule has 0 amide bonds. The van der Waals surface area contributed by atoms with Crippen molar-refractivity contribution in [1.82, 2.24) is 9.78 Å². The molecule has 1 heterocycles. The minimum atomic E-state index is -0.538. The smallest absolute Gasteiger partial charge is 0.340 e. The third kappa shape index (κ3) is 3.13. The number of nitrogens with zero attached hydrogens (tertiary/aromatic N) is 2. The average molecular weight is 259 g/mol. The summed E-state index contributed by atoms with van der Waals surface area (Å²) in [4.78, 5) is 12.0. The van der Waals surface area contributed by atoms with E-state index in [1.54, 1.807) is 29.1 Å². The Kier molecular flexibility index (Phi) is 3.29. The summed E-state index contributed by atoms with van der Waals surface area (Å²) in [5.41, 5.74) is 6.91. The van der Waals surface area contributed by atoms with Crippen LogP contribution in [0.4, 0.5) is 5.69 Å². The Bertz CT molecular complexity index is 583. The fourth-order valence-electron chi connectivity index (χ4n) is 1.63. The molecular formula is C14H17N3O2. The number of nitrogens with two attached hydrogens (primary N) is 1. The molecule has 0 unspecified atom stereocenters. The molecule has 2 N–H and O–H groups in total. The molecule has 19 heavy (non-hydrogen) atoms. The highest BCUT2D eigenvalue weighted by Gasteiger charge is 2.19. The maximum absolute atomic E-state index is 12.0. The van der Waals surface area contributed by atoms with Gasteiger partial charge in [-0.1, -0.05) is 0 Å². The van der Waals surface area contributed by atoms with Crippen LogP contribution in [0.15, 0.2) is 36.7 Å². The molecule has 0 saturated carbocycles. The van der Waals surface area contributed by atoms with Gasteiger partial charge in [0.05, 0.1) is 11.3 Å². The van der Waals surface area contributed by atoms with Crippen LogP contribution in [0.25, 0.3) is 5.69 Å². The van der Waals surface area contributed by atoms with E-state index in [1.807, 2.05) is 33.0 Å². The topological polar surface area (TPSA) is 70.1 Å². The highest BCUT2D eigenvalue weighted by molar-refractivity contribution is 5.95. The molecule has 100 valence electrons. The van der Waals surface area contributed by atoms with E-state index >= 15 is 0 Å². The number of hydrogen-bond acceptors (Lipinski definition) is 4. The number of anilines is 1. The van der Waals surface area contributed by atoms with Crippen molar-refractivity contribution >= 4 is 11.7 Å². The molecule has 0 aliphatic heterocycles. The number of benzene rings is 1. The minimum Gasteiger partial charge on any atom is -0.456 e. The lowest BCUT2D eigenvalue weighted by atomic mass is 10.1. The number of esters is 1. The van der Waals surface area contributed by atoms with Gasteiger partial charge in [0.25, 0.3) is 0 Å². The summed E-state index contributed by atoms with van der Waals surface area (Å²) in [6.07, 6.45) is 3.49. The average Bonchev–Trinajstić information content (AvgIpc) is 2.79. The molecule has 0 saturated heterocycles. The Balaban J connectivity index is 2.27. The van der Waals surface area contributed by atoms with E-state index in [2.05, 4.69) is 5.10 Å². The fraction of sp³-hybridized carbons (Fsp3) is 0.286. The number of carbonyl (C=O) groups is 1. The maximum atomic E-state index is 12.0. The molecule has 0 aliphatic rings. The molecule has 1 aromatic heterocycles. The van der Waals surface area contributed by atoms with Crippen LogP contribution >= 0.6 is 0 Å². The third-order valence-corrected chi connectivity index (χ3v) is 2.42. The van der Waals surface area contributed by atoms with Gasteiger partial charge in [0.2, 0.25) is 0 Å². The van der Waals surface area contributed by atoms with E-state index in [0.717, 1.165) is 5.69 Å². The monoisotopic (exact) mass is 259 g/mol. The summed E-state index contributed by atoms with van der Waals surface area (Å²) in [6, 6.07) is 6.95. The van der Waals surface area contributed by atoms with Crippen molar-refractivity contribution in [3.8, 4) is 5.69 Å². The van der Waals surface area contributed by atoms with Gasteiger partial charge < -0.3 is 10.5 Å². The zero-order valence-electron chi connectivity index (χ0n) is 11.3. The van der Waals surface area contributed by atoms with Crippen molar-refractivity contribution in [2.24, 2.45) is 0 Å². The molecule has 5 nitrogen and oxygen atoms in total. The summed E-state index contributed by atoms with van der Waals surface area (Å²) in [7, 11) is 0. The van der Waals surface area contributed by atoms with E-state index in [1.165, 1.54) is 0 Å². The largest absolute Gasteiger partial charge is 0.456 e. The van der Waals surface area contributed by atoms with Gasteiger partial charge >= 0.3 is 5.97 Å². The summed E-state index contributed by atoms with van der Waals surface area (Å²) in [5.74, 6) is -0.419. The highest BCUT2D eigenvalue weighted by Crippen LogP contribution is 2.20. The van der Waals surface area contributed by atoms with Gasteiger partial charge in [-0.25, -0.2) is 9.48 Å². The third-order valence-electron chi connectivity index (χ3n) is 2.42. The second-order valence-electron chi connectivity index (χ2n) is 5.22. The van der Waals surface area contributed by atoms with Crippen LogP contribution in [0.2, 0.25) is 0 Å². The molecule has 0 radical (unpaired) electrons. The van der Waals surface area contributed by atoms with Gasteiger partial charge in [-0.15, -0.1) is 0 Å². The van der Waals surface area contributed by atoms with E-state index in [4.69, 9.17) is 10.5 Å². The summed E-state index contributed by atoms with van der Waals surface area (Å²) < 4.78 is 6.97. The van der Waals surface area contributed by atoms with Crippen LogP contribution in [0.1, 0.15) is 31.1 Å². The number of aromatic nitrogens is 2. The van der Waals surface area contributed by atoms with Gasteiger partial charge in [0.15, 0.2) is 0 Å². The molecule has 2 aromatic rings. The molecule has 1 aromatic carbocycles. The van der Waals surface area contributed by atoms with Crippen molar-refractivity contribution < 1.29 is 9.53 Å². The van der Waals surface area contributed by atoms with Crippen molar-refractivity contribution in [2.75, 3.05) is 5.73 Å². The standard InChI is InChI=1S/C14H17N3O2/c1-14(2,3)19-13(18)11-6-5-10(9-12(11)15)17-8-4-7-16-17/h4-9H,15H2,1-3H3. The molecule has 0 fully saturated rings. The van der Waals surface area contributed by atoms with Crippen LogP contribution < -0.4 is 5.73 Å². The number of carbonyl (C=O) groups excluding carboxylic acids is 1. The summed E-state index contributed by atoms with van der Waals surface area (Å²) in [6.45, 7) is 5.46. The lowest BCUT2D eigenvalue weighted by molar-refractivity contribution is 0.00708. The van der Waals surface area contributed by atoms with E-state index < -0.39 is 11.6 Å². The Labute approximate surface area is 112 Å². The van der Waals surface area contributed by atoms with Crippen LogP contribution in [0.5, 0.6) is 0 Å². The first-order chi connectivity index (χ1) is 8.87. The molecule has 2 rings (SSSR count). The van der Waals surface area contributed by atoms with Gasteiger partial charge in [0, 0.05) is 18.1 Å². The zero-order chi connectivity index (χ0) is 14.0. The van der Waals surface area contributed by atoms with Crippen molar-refractivity contribution in [2.45, 2.75) is 26.4 Å². The molecule has 0 atom stereocenters. The van der Waals surface area contributed by atoms with Crippen LogP contribution in [0, 0.1) is 0 Å². The molecule has 0 bridgehead atoms. The molecule has 5 heteroatoms. The first kappa shape index (κ1) is 13.1. The van der Waals surface area contributed by atoms with E-state index in [0.29, 0.717) is 11.3 Å². The van der Waals surface area contributed by atoms with Crippen LogP contribution in [-0.4, -0.2) is 21.4 Å². The molecule has 0 aliphatic carbocycles. The first-order valence-electron chi connectivity index (χ1n) is 6.00. The lowest BCUT2D eigenvalue weighted by Crippen LogP contribution is -2.24.